The zero-order valence-corrected chi connectivity index (χ0v) is 19.4. The van der Waals surface area contributed by atoms with Crippen LogP contribution in [0.25, 0.3) is 16.9 Å². The van der Waals surface area contributed by atoms with Crippen molar-refractivity contribution in [1.82, 2.24) is 9.78 Å². The Hall–Kier alpha value is -3.91. The Morgan fingerprint density at radius 1 is 0.848 bits per heavy atom. The lowest BCUT2D eigenvalue weighted by molar-refractivity contribution is 0.0549. The van der Waals surface area contributed by atoms with Gasteiger partial charge in [0.05, 0.1) is 24.4 Å². The van der Waals surface area contributed by atoms with E-state index in [9.17, 15) is 9.59 Å². The average Bonchev–Trinajstić information content (AvgIpc) is 3.26. The summed E-state index contributed by atoms with van der Waals surface area (Å²) in [6, 6.07) is 23.6. The third kappa shape index (κ3) is 4.51. The van der Waals surface area contributed by atoms with Gasteiger partial charge in [-0.1, -0.05) is 36.4 Å². The zero-order chi connectivity index (χ0) is 23.4. The number of methoxy groups -OCH3 is 2. The molecule has 0 spiro atoms. The first-order chi connectivity index (χ1) is 16.0. The van der Waals surface area contributed by atoms with E-state index in [1.165, 1.54) is 18.9 Å². The molecule has 0 amide bonds. The average molecular weight is 507 g/mol. The molecule has 0 aliphatic rings. The van der Waals surface area contributed by atoms with Gasteiger partial charge in [-0.3, -0.25) is 0 Å². The maximum atomic E-state index is 12.8. The topological polar surface area (TPSA) is 79.7 Å². The molecule has 166 valence electrons. The summed E-state index contributed by atoms with van der Waals surface area (Å²) in [5, 5.41) is 4.60. The quantitative estimate of drug-likeness (QED) is 0.313. The molecule has 7 nitrogen and oxygen atoms in total. The number of halogens is 1. The highest BCUT2D eigenvalue weighted by atomic mass is 79.9. The van der Waals surface area contributed by atoms with Gasteiger partial charge in [-0.05, 0) is 58.4 Å². The van der Waals surface area contributed by atoms with Gasteiger partial charge >= 0.3 is 11.9 Å². The molecule has 4 aromatic rings. The number of hydrogen-bond acceptors (Lipinski definition) is 6. The number of carbonyl (C=O) groups excluding carboxylic acids is 2. The third-order valence-corrected chi connectivity index (χ3v) is 5.45. The SMILES string of the molecule is COC(=O)c1c(-c2ccc(Oc3ccccc3)c(Br)c2)nn(-c2ccccc2)c1C(=O)OC. The first-order valence-electron chi connectivity index (χ1n) is 9.91. The van der Waals surface area contributed by atoms with Gasteiger partial charge in [-0.15, -0.1) is 0 Å². The molecular formula is C25H19BrN2O5. The van der Waals surface area contributed by atoms with Crippen molar-refractivity contribution in [2.24, 2.45) is 0 Å². The summed E-state index contributed by atoms with van der Waals surface area (Å²) in [5.41, 5.74) is 1.45. The fraction of sp³-hybridized carbons (Fsp3) is 0.0800. The van der Waals surface area contributed by atoms with Gasteiger partial charge < -0.3 is 14.2 Å². The number of hydrogen-bond donors (Lipinski definition) is 0. The van der Waals surface area contributed by atoms with E-state index in [1.807, 2.05) is 48.5 Å². The largest absolute Gasteiger partial charge is 0.465 e. The van der Waals surface area contributed by atoms with E-state index in [0.29, 0.717) is 27.2 Å². The molecule has 3 aromatic carbocycles. The van der Waals surface area contributed by atoms with Gasteiger partial charge in [0.2, 0.25) is 0 Å². The normalized spacial score (nSPS) is 10.5. The van der Waals surface area contributed by atoms with Gasteiger partial charge in [-0.2, -0.15) is 5.10 Å². The summed E-state index contributed by atoms with van der Waals surface area (Å²) in [4.78, 5) is 25.5. The van der Waals surface area contributed by atoms with Crippen LogP contribution in [-0.2, 0) is 9.47 Å². The number of benzene rings is 3. The molecular weight excluding hydrogens is 488 g/mol. The van der Waals surface area contributed by atoms with E-state index in [-0.39, 0.29) is 17.0 Å². The van der Waals surface area contributed by atoms with E-state index < -0.39 is 11.9 Å². The minimum absolute atomic E-state index is 0.0110. The lowest BCUT2D eigenvalue weighted by atomic mass is 10.1. The molecule has 1 aromatic heterocycles. The number of esters is 2. The van der Waals surface area contributed by atoms with Crippen molar-refractivity contribution in [3.8, 4) is 28.4 Å². The molecule has 33 heavy (non-hydrogen) atoms. The molecule has 0 aliphatic heterocycles. The lowest BCUT2D eigenvalue weighted by Gasteiger charge is -2.09. The van der Waals surface area contributed by atoms with Crippen LogP contribution >= 0.6 is 15.9 Å². The monoisotopic (exact) mass is 506 g/mol. The summed E-state index contributed by atoms with van der Waals surface area (Å²) in [6.07, 6.45) is 0. The maximum absolute atomic E-state index is 12.8. The summed E-state index contributed by atoms with van der Waals surface area (Å²) in [5.74, 6) is -0.141. The Balaban J connectivity index is 1.86. The molecule has 0 fully saturated rings. The Morgan fingerprint density at radius 3 is 2.09 bits per heavy atom. The van der Waals surface area contributed by atoms with Crippen molar-refractivity contribution in [3.05, 3.63) is 94.6 Å². The predicted molar refractivity (Wildman–Crippen MR) is 126 cm³/mol. The van der Waals surface area contributed by atoms with Crippen molar-refractivity contribution in [2.75, 3.05) is 14.2 Å². The Labute approximate surface area is 198 Å². The van der Waals surface area contributed by atoms with Gasteiger partial charge in [0, 0.05) is 5.56 Å². The molecule has 0 unspecified atom stereocenters. The lowest BCUT2D eigenvalue weighted by Crippen LogP contribution is -2.15. The smallest absolute Gasteiger partial charge is 0.357 e. The number of aromatic nitrogens is 2. The highest BCUT2D eigenvalue weighted by Gasteiger charge is 2.31. The van der Waals surface area contributed by atoms with Crippen LogP contribution in [-0.4, -0.2) is 35.9 Å². The molecule has 0 saturated carbocycles. The fourth-order valence-electron chi connectivity index (χ4n) is 3.30. The van der Waals surface area contributed by atoms with Crippen molar-refractivity contribution in [1.29, 1.82) is 0 Å². The molecule has 4 rings (SSSR count). The van der Waals surface area contributed by atoms with E-state index in [2.05, 4.69) is 21.0 Å². The van der Waals surface area contributed by atoms with Crippen LogP contribution in [0.2, 0.25) is 0 Å². The molecule has 0 N–H and O–H groups in total. The van der Waals surface area contributed by atoms with Crippen LogP contribution in [0.15, 0.2) is 83.3 Å². The highest BCUT2D eigenvalue weighted by Crippen LogP contribution is 2.36. The second kappa shape index (κ2) is 9.70. The maximum Gasteiger partial charge on any atom is 0.357 e. The Morgan fingerprint density at radius 2 is 1.48 bits per heavy atom. The van der Waals surface area contributed by atoms with Crippen LogP contribution in [0.4, 0.5) is 0 Å². The number of ether oxygens (including phenoxy) is 3. The van der Waals surface area contributed by atoms with Gasteiger partial charge in [0.25, 0.3) is 0 Å². The standard InChI is InChI=1S/C25H19BrN2O5/c1-31-24(29)21-22(27-28(23(21)25(30)32-2)17-9-5-3-6-10-17)16-13-14-20(19(26)15-16)33-18-11-7-4-8-12-18/h3-15H,1-2H3. The molecule has 1 heterocycles. The summed E-state index contributed by atoms with van der Waals surface area (Å²) in [6.45, 7) is 0. The minimum Gasteiger partial charge on any atom is -0.465 e. The van der Waals surface area contributed by atoms with Crippen LogP contribution < -0.4 is 4.74 Å². The number of rotatable bonds is 6. The van der Waals surface area contributed by atoms with Crippen LogP contribution in [0.1, 0.15) is 20.8 Å². The van der Waals surface area contributed by atoms with Crippen molar-refractivity contribution in [2.45, 2.75) is 0 Å². The summed E-state index contributed by atoms with van der Waals surface area (Å²) >= 11 is 3.53. The number of carbonyl (C=O) groups is 2. The second-order valence-electron chi connectivity index (χ2n) is 6.86. The second-order valence-corrected chi connectivity index (χ2v) is 7.72. The number of nitrogens with zero attached hydrogens (tertiary/aromatic N) is 2. The van der Waals surface area contributed by atoms with E-state index in [4.69, 9.17) is 14.2 Å². The molecule has 8 heteroatoms. The molecule has 0 bridgehead atoms. The fourth-order valence-corrected chi connectivity index (χ4v) is 3.76. The Bertz CT molecular complexity index is 1300. The minimum atomic E-state index is -0.707. The van der Waals surface area contributed by atoms with Crippen LogP contribution in [0.5, 0.6) is 11.5 Å². The van der Waals surface area contributed by atoms with E-state index >= 15 is 0 Å². The van der Waals surface area contributed by atoms with Crippen LogP contribution in [0.3, 0.4) is 0 Å². The van der Waals surface area contributed by atoms with Crippen molar-refractivity contribution in [3.63, 3.8) is 0 Å². The van der Waals surface area contributed by atoms with Crippen molar-refractivity contribution >= 4 is 27.9 Å². The van der Waals surface area contributed by atoms with Gasteiger partial charge in [0.15, 0.2) is 5.69 Å². The summed E-state index contributed by atoms with van der Waals surface area (Å²) in [7, 11) is 2.50. The van der Waals surface area contributed by atoms with Crippen molar-refractivity contribution < 1.29 is 23.8 Å². The highest BCUT2D eigenvalue weighted by molar-refractivity contribution is 9.10. The first kappa shape index (κ1) is 22.3. The molecule has 0 aliphatic carbocycles. The summed E-state index contributed by atoms with van der Waals surface area (Å²) < 4.78 is 17.9. The van der Waals surface area contributed by atoms with Gasteiger partial charge in [0.1, 0.15) is 22.8 Å². The third-order valence-electron chi connectivity index (χ3n) is 4.83. The predicted octanol–water partition coefficient (Wildman–Crippen LogP) is 5.67. The van der Waals surface area contributed by atoms with E-state index in [1.54, 1.807) is 30.3 Å². The van der Waals surface area contributed by atoms with Crippen LogP contribution in [0, 0.1) is 0 Å². The zero-order valence-electron chi connectivity index (χ0n) is 17.8. The Kier molecular flexibility index (Phi) is 6.55. The molecule has 0 radical (unpaired) electrons. The number of para-hydroxylation sites is 2. The van der Waals surface area contributed by atoms with E-state index in [0.717, 1.165) is 0 Å². The van der Waals surface area contributed by atoms with Gasteiger partial charge in [-0.25, -0.2) is 14.3 Å². The molecule has 0 saturated heterocycles. The molecule has 0 atom stereocenters. The first-order valence-corrected chi connectivity index (χ1v) is 10.7.